The van der Waals surface area contributed by atoms with Gasteiger partial charge in [0.25, 0.3) is 0 Å². The summed E-state index contributed by atoms with van der Waals surface area (Å²) >= 11 is 0. The maximum Gasteiger partial charge on any atom is 0.408 e. The second kappa shape index (κ2) is 13.5. The van der Waals surface area contributed by atoms with Gasteiger partial charge < -0.3 is 20.7 Å². The Morgan fingerprint density at radius 2 is 1.95 bits per heavy atom. The third-order valence-corrected chi connectivity index (χ3v) is 7.80. The molecule has 0 aromatic carbocycles. The molecule has 4 rings (SSSR count). The van der Waals surface area contributed by atoms with Gasteiger partial charge in [0.05, 0.1) is 12.3 Å². The first-order valence-electron chi connectivity index (χ1n) is 14.3. The summed E-state index contributed by atoms with van der Waals surface area (Å²) in [5.41, 5.74) is 11.6. The van der Waals surface area contributed by atoms with E-state index in [9.17, 15) is 14.4 Å². The lowest BCUT2D eigenvalue weighted by Crippen LogP contribution is -2.64. The van der Waals surface area contributed by atoms with Crippen LogP contribution in [-0.4, -0.2) is 79.9 Å². The molecule has 0 radical (unpaired) electrons. The standard InChI is InChI=1S/C25H47N9O5/c1-25(2,3)38-24(37)30-22-17(14-28-34(22)4)21-29-19(39-33-21)11-10-18(35)26-12-7-13-27-20-15-8-5-6-9-16(15)23(36)32-31-20/h15-17,19-22,27-29,31,33H,5-14H2,1-4H3,(H,26,35)(H,30,37)(H,32,36). The second-order valence-corrected chi connectivity index (χ2v) is 12.0. The molecule has 4 fully saturated rings. The van der Waals surface area contributed by atoms with E-state index in [1.807, 2.05) is 32.8 Å². The summed E-state index contributed by atoms with van der Waals surface area (Å²) in [5.74, 6) is 0.477. The summed E-state index contributed by atoms with van der Waals surface area (Å²) in [4.78, 5) is 42.5. The van der Waals surface area contributed by atoms with Crippen molar-refractivity contribution >= 4 is 17.9 Å². The molecule has 0 aromatic heterocycles. The van der Waals surface area contributed by atoms with Gasteiger partial charge in [-0.1, -0.05) is 12.8 Å². The van der Waals surface area contributed by atoms with Crippen LogP contribution in [0.5, 0.6) is 0 Å². The van der Waals surface area contributed by atoms with Crippen LogP contribution in [0.3, 0.4) is 0 Å². The van der Waals surface area contributed by atoms with Crippen LogP contribution in [0.25, 0.3) is 0 Å². The van der Waals surface area contributed by atoms with Crippen molar-refractivity contribution in [2.75, 3.05) is 26.7 Å². The van der Waals surface area contributed by atoms with E-state index >= 15 is 0 Å². The predicted octanol–water partition coefficient (Wildman–Crippen LogP) is -0.677. The van der Waals surface area contributed by atoms with Crippen LogP contribution < -0.4 is 43.0 Å². The van der Waals surface area contributed by atoms with Crippen molar-refractivity contribution < 1.29 is 24.0 Å². The van der Waals surface area contributed by atoms with Crippen LogP contribution >= 0.6 is 0 Å². The van der Waals surface area contributed by atoms with E-state index in [2.05, 4.69) is 43.0 Å². The van der Waals surface area contributed by atoms with Crippen molar-refractivity contribution in [2.45, 2.75) is 96.0 Å². The number of alkyl carbamates (subject to hydrolysis) is 1. The van der Waals surface area contributed by atoms with Crippen molar-refractivity contribution in [3.05, 3.63) is 0 Å². The smallest absolute Gasteiger partial charge is 0.408 e. The summed E-state index contributed by atoms with van der Waals surface area (Å²) in [5, 5.41) is 14.6. The van der Waals surface area contributed by atoms with Crippen LogP contribution in [0.15, 0.2) is 0 Å². The number of hydrogen-bond acceptors (Lipinski definition) is 11. The van der Waals surface area contributed by atoms with Gasteiger partial charge in [-0.05, 0) is 53.0 Å². The Hall–Kier alpha value is -2.07. The highest BCUT2D eigenvalue weighted by atomic mass is 16.7. The van der Waals surface area contributed by atoms with Crippen LogP contribution in [0.1, 0.15) is 65.7 Å². The molecule has 14 heteroatoms. The Morgan fingerprint density at radius 3 is 2.74 bits per heavy atom. The first kappa shape index (κ1) is 29.9. The number of hydroxylamine groups is 1. The molecule has 222 valence electrons. The largest absolute Gasteiger partial charge is 0.444 e. The molecule has 3 amide bonds. The minimum absolute atomic E-state index is 0.0222. The average molecular weight is 554 g/mol. The Bertz CT molecular complexity index is 856. The predicted molar refractivity (Wildman–Crippen MR) is 143 cm³/mol. The molecular weight excluding hydrogens is 506 g/mol. The fourth-order valence-electron chi connectivity index (χ4n) is 5.82. The highest BCUT2D eigenvalue weighted by Crippen LogP contribution is 2.33. The third kappa shape index (κ3) is 8.46. The highest BCUT2D eigenvalue weighted by molar-refractivity contribution is 5.79. The van der Waals surface area contributed by atoms with Crippen LogP contribution in [-0.2, 0) is 19.2 Å². The lowest BCUT2D eigenvalue weighted by Gasteiger charge is -2.41. The first-order chi connectivity index (χ1) is 18.6. The van der Waals surface area contributed by atoms with Gasteiger partial charge in [-0.3, -0.25) is 30.6 Å². The SMILES string of the molecule is CN1NCC(C2NOC(CCC(=O)NCCCNC3NNC(=O)C4CCCCC34)N2)C1NC(=O)OC(C)(C)C. The van der Waals surface area contributed by atoms with Gasteiger partial charge in [-0.15, -0.1) is 0 Å². The molecule has 1 saturated carbocycles. The molecule has 39 heavy (non-hydrogen) atoms. The van der Waals surface area contributed by atoms with Gasteiger partial charge in [0.2, 0.25) is 11.8 Å². The molecule has 14 nitrogen and oxygen atoms in total. The first-order valence-corrected chi connectivity index (χ1v) is 14.3. The molecule has 4 aliphatic rings. The Labute approximate surface area is 230 Å². The molecule has 1 aliphatic carbocycles. The van der Waals surface area contributed by atoms with Crippen LogP contribution in [0.2, 0.25) is 0 Å². The topological polar surface area (TPSA) is 169 Å². The van der Waals surface area contributed by atoms with Gasteiger partial charge in [-0.25, -0.2) is 15.2 Å². The second-order valence-electron chi connectivity index (χ2n) is 12.0. The van der Waals surface area contributed by atoms with Crippen molar-refractivity contribution in [2.24, 2.45) is 17.8 Å². The minimum Gasteiger partial charge on any atom is -0.444 e. The van der Waals surface area contributed by atoms with E-state index < -0.39 is 11.7 Å². The Kier molecular flexibility index (Phi) is 10.4. The molecule has 3 aliphatic heterocycles. The molecule has 8 N–H and O–H groups in total. The molecule has 0 spiro atoms. The molecule has 7 unspecified atom stereocenters. The quantitative estimate of drug-likeness (QED) is 0.161. The summed E-state index contributed by atoms with van der Waals surface area (Å²) in [6.45, 7) is 7.45. The number of fused-ring (bicyclic) bond motifs is 1. The van der Waals surface area contributed by atoms with Crippen molar-refractivity contribution in [1.82, 2.24) is 48.0 Å². The Morgan fingerprint density at radius 1 is 1.15 bits per heavy atom. The number of rotatable bonds is 10. The van der Waals surface area contributed by atoms with Crippen molar-refractivity contribution in [3.63, 3.8) is 0 Å². The number of nitrogens with zero attached hydrogens (tertiary/aromatic N) is 1. The molecule has 7 atom stereocenters. The zero-order valence-corrected chi connectivity index (χ0v) is 23.6. The Balaban J connectivity index is 1.10. The summed E-state index contributed by atoms with van der Waals surface area (Å²) in [6.07, 6.45) is 4.73. The van der Waals surface area contributed by atoms with Gasteiger partial charge in [-0.2, -0.15) is 5.48 Å². The number of carbonyl (C=O) groups excluding carboxylic acids is 3. The van der Waals surface area contributed by atoms with E-state index in [0.717, 1.165) is 32.2 Å². The van der Waals surface area contributed by atoms with E-state index in [0.29, 0.717) is 31.8 Å². The highest BCUT2D eigenvalue weighted by Gasteiger charge is 2.42. The number of carbonyl (C=O) groups is 3. The molecule has 3 heterocycles. The van der Waals surface area contributed by atoms with E-state index in [4.69, 9.17) is 9.57 Å². The van der Waals surface area contributed by atoms with Gasteiger partial charge >= 0.3 is 6.09 Å². The summed E-state index contributed by atoms with van der Waals surface area (Å²) in [6, 6.07) is 0. The number of hydrazine groups is 2. The van der Waals surface area contributed by atoms with Crippen LogP contribution in [0, 0.1) is 17.8 Å². The molecule has 0 aromatic rings. The zero-order valence-electron chi connectivity index (χ0n) is 23.6. The fourth-order valence-corrected chi connectivity index (χ4v) is 5.82. The zero-order chi connectivity index (χ0) is 28.0. The monoisotopic (exact) mass is 553 g/mol. The lowest BCUT2D eigenvalue weighted by molar-refractivity contribution is -0.134. The van der Waals surface area contributed by atoms with Gasteiger partial charge in [0.1, 0.15) is 18.0 Å². The number of hydrogen-bond donors (Lipinski definition) is 8. The fraction of sp³-hybridized carbons (Fsp3) is 0.880. The summed E-state index contributed by atoms with van der Waals surface area (Å²) < 4.78 is 5.41. The molecule has 0 bridgehead atoms. The van der Waals surface area contributed by atoms with Crippen molar-refractivity contribution in [3.8, 4) is 0 Å². The minimum atomic E-state index is -0.580. The molecular formula is C25H47N9O5. The van der Waals surface area contributed by atoms with E-state index in [1.165, 1.54) is 6.42 Å². The van der Waals surface area contributed by atoms with Gasteiger partial charge in [0, 0.05) is 44.3 Å². The maximum atomic E-state index is 12.4. The number of amides is 3. The number of nitrogens with one attached hydrogen (secondary N) is 8. The number of ether oxygens (including phenoxy) is 1. The maximum absolute atomic E-state index is 12.4. The average Bonchev–Trinajstić information content (AvgIpc) is 3.49. The van der Waals surface area contributed by atoms with Crippen molar-refractivity contribution in [1.29, 1.82) is 0 Å². The summed E-state index contributed by atoms with van der Waals surface area (Å²) in [7, 11) is 1.87. The molecule has 3 saturated heterocycles. The van der Waals surface area contributed by atoms with E-state index in [-0.39, 0.29) is 48.4 Å². The normalized spacial score (nSPS) is 33.3. The van der Waals surface area contributed by atoms with E-state index in [1.54, 1.807) is 0 Å². The van der Waals surface area contributed by atoms with Gasteiger partial charge in [0.15, 0.2) is 0 Å². The lowest BCUT2D eigenvalue weighted by atomic mass is 9.76. The van der Waals surface area contributed by atoms with Crippen LogP contribution in [0.4, 0.5) is 4.79 Å². The third-order valence-electron chi connectivity index (χ3n) is 7.80.